The van der Waals surface area contributed by atoms with Crippen molar-refractivity contribution in [2.75, 3.05) is 6.54 Å². The fourth-order valence-corrected chi connectivity index (χ4v) is 3.20. The lowest BCUT2D eigenvalue weighted by molar-refractivity contribution is 0.415. The second-order valence-electron chi connectivity index (χ2n) is 4.00. The SMILES string of the molecule is CC1(Cc2cc(Cl)cs2)CCCN1.Cl. The molecule has 1 unspecified atom stereocenters. The van der Waals surface area contributed by atoms with Crippen molar-refractivity contribution in [1.82, 2.24) is 5.32 Å². The van der Waals surface area contributed by atoms with Crippen LogP contribution in [-0.2, 0) is 6.42 Å². The Hall–Kier alpha value is 0.240. The van der Waals surface area contributed by atoms with Gasteiger partial charge in [0, 0.05) is 15.8 Å². The normalized spacial score (nSPS) is 26.1. The minimum atomic E-state index is 0. The van der Waals surface area contributed by atoms with Crippen LogP contribution in [0.5, 0.6) is 0 Å². The molecule has 1 atom stereocenters. The molecule has 80 valence electrons. The molecule has 0 radical (unpaired) electrons. The Labute approximate surface area is 100 Å². The summed E-state index contributed by atoms with van der Waals surface area (Å²) >= 11 is 7.64. The first-order chi connectivity index (χ1) is 6.18. The van der Waals surface area contributed by atoms with E-state index in [1.54, 1.807) is 11.3 Å². The summed E-state index contributed by atoms with van der Waals surface area (Å²) in [5, 5.41) is 6.44. The maximum absolute atomic E-state index is 5.88. The second kappa shape index (κ2) is 4.84. The van der Waals surface area contributed by atoms with Crippen molar-refractivity contribution >= 4 is 35.3 Å². The molecule has 2 rings (SSSR count). The molecule has 1 aliphatic rings. The van der Waals surface area contributed by atoms with Crippen LogP contribution in [0.1, 0.15) is 24.6 Å². The highest BCUT2D eigenvalue weighted by molar-refractivity contribution is 7.10. The van der Waals surface area contributed by atoms with E-state index in [9.17, 15) is 0 Å². The highest BCUT2D eigenvalue weighted by Gasteiger charge is 2.28. The topological polar surface area (TPSA) is 12.0 Å². The molecule has 2 heterocycles. The quantitative estimate of drug-likeness (QED) is 0.849. The largest absolute Gasteiger partial charge is 0.311 e. The Morgan fingerprint density at radius 2 is 2.43 bits per heavy atom. The zero-order valence-electron chi connectivity index (χ0n) is 8.18. The van der Waals surface area contributed by atoms with E-state index >= 15 is 0 Å². The van der Waals surface area contributed by atoms with Crippen molar-refractivity contribution in [2.45, 2.75) is 31.7 Å². The van der Waals surface area contributed by atoms with Gasteiger partial charge in [-0.05, 0) is 38.8 Å². The van der Waals surface area contributed by atoms with E-state index in [4.69, 9.17) is 11.6 Å². The molecule has 1 aromatic rings. The molecule has 1 aromatic heterocycles. The van der Waals surface area contributed by atoms with E-state index < -0.39 is 0 Å². The van der Waals surface area contributed by atoms with Crippen LogP contribution >= 0.6 is 35.3 Å². The minimum absolute atomic E-state index is 0. The summed E-state index contributed by atoms with van der Waals surface area (Å²) in [5.41, 5.74) is 0.314. The third kappa shape index (κ3) is 2.86. The van der Waals surface area contributed by atoms with Crippen LogP contribution in [-0.4, -0.2) is 12.1 Å². The second-order valence-corrected chi connectivity index (χ2v) is 5.43. The molecule has 0 amide bonds. The maximum Gasteiger partial charge on any atom is 0.0515 e. The van der Waals surface area contributed by atoms with Crippen LogP contribution in [0, 0.1) is 0 Å². The summed E-state index contributed by atoms with van der Waals surface area (Å²) < 4.78 is 0. The number of hydrogen-bond acceptors (Lipinski definition) is 2. The number of thiophene rings is 1. The Morgan fingerprint density at radius 1 is 1.64 bits per heavy atom. The number of rotatable bonds is 2. The van der Waals surface area contributed by atoms with E-state index in [0.29, 0.717) is 5.54 Å². The highest BCUT2D eigenvalue weighted by Crippen LogP contribution is 2.28. The van der Waals surface area contributed by atoms with Crippen molar-refractivity contribution in [1.29, 1.82) is 0 Å². The lowest BCUT2D eigenvalue weighted by Gasteiger charge is -2.23. The molecule has 1 aliphatic heterocycles. The van der Waals surface area contributed by atoms with E-state index in [1.807, 2.05) is 5.38 Å². The minimum Gasteiger partial charge on any atom is -0.311 e. The molecule has 1 fully saturated rings. The number of hydrogen-bond donors (Lipinski definition) is 1. The van der Waals surface area contributed by atoms with Gasteiger partial charge in [-0.15, -0.1) is 23.7 Å². The standard InChI is InChI=1S/C10H14ClNS.ClH/c1-10(3-2-4-12-10)6-9-5-8(11)7-13-9;/h5,7,12H,2-4,6H2,1H3;1H. The van der Waals surface area contributed by atoms with Gasteiger partial charge in [-0.25, -0.2) is 0 Å². The summed E-state index contributed by atoms with van der Waals surface area (Å²) in [6.45, 7) is 3.46. The summed E-state index contributed by atoms with van der Waals surface area (Å²) in [6, 6.07) is 2.08. The number of halogens is 2. The molecular weight excluding hydrogens is 237 g/mol. The first-order valence-corrected chi connectivity index (χ1v) is 5.92. The van der Waals surface area contributed by atoms with Crippen LogP contribution < -0.4 is 5.32 Å². The zero-order valence-corrected chi connectivity index (χ0v) is 10.6. The van der Waals surface area contributed by atoms with Gasteiger partial charge in [0.2, 0.25) is 0 Å². The Bertz CT molecular complexity index is 292. The van der Waals surface area contributed by atoms with Gasteiger partial charge < -0.3 is 5.32 Å². The Kier molecular flexibility index (Phi) is 4.26. The molecule has 1 N–H and O–H groups in total. The van der Waals surface area contributed by atoms with Crippen LogP contribution in [0.3, 0.4) is 0 Å². The van der Waals surface area contributed by atoms with Crippen molar-refractivity contribution in [3.8, 4) is 0 Å². The van der Waals surface area contributed by atoms with Gasteiger partial charge >= 0.3 is 0 Å². The van der Waals surface area contributed by atoms with E-state index in [-0.39, 0.29) is 12.4 Å². The number of nitrogens with one attached hydrogen (secondary N) is 1. The first kappa shape index (κ1) is 12.3. The van der Waals surface area contributed by atoms with Gasteiger partial charge in [0.25, 0.3) is 0 Å². The molecular formula is C10H15Cl2NS. The molecule has 1 nitrogen and oxygen atoms in total. The molecule has 0 aromatic carbocycles. The average Bonchev–Trinajstić information content (AvgIpc) is 2.62. The summed E-state index contributed by atoms with van der Waals surface area (Å²) in [6.07, 6.45) is 3.70. The van der Waals surface area contributed by atoms with Crippen LogP contribution in [0.15, 0.2) is 11.4 Å². The van der Waals surface area contributed by atoms with Gasteiger partial charge in [-0.2, -0.15) is 0 Å². The van der Waals surface area contributed by atoms with Gasteiger partial charge in [-0.3, -0.25) is 0 Å². The summed E-state index contributed by atoms with van der Waals surface area (Å²) in [4.78, 5) is 1.39. The monoisotopic (exact) mass is 251 g/mol. The van der Waals surface area contributed by atoms with Gasteiger partial charge in [0.1, 0.15) is 0 Å². The van der Waals surface area contributed by atoms with Crippen molar-refractivity contribution in [3.63, 3.8) is 0 Å². The average molecular weight is 252 g/mol. The molecule has 1 saturated heterocycles. The predicted octanol–water partition coefficient (Wildman–Crippen LogP) is 3.51. The lowest BCUT2D eigenvalue weighted by Crippen LogP contribution is -2.38. The Balaban J connectivity index is 0.000000980. The smallest absolute Gasteiger partial charge is 0.0515 e. The van der Waals surface area contributed by atoms with Crippen molar-refractivity contribution < 1.29 is 0 Å². The fourth-order valence-electron chi connectivity index (χ4n) is 1.94. The van der Waals surface area contributed by atoms with Crippen LogP contribution in [0.4, 0.5) is 0 Å². The van der Waals surface area contributed by atoms with E-state index in [2.05, 4.69) is 18.3 Å². The van der Waals surface area contributed by atoms with Gasteiger partial charge in [-0.1, -0.05) is 11.6 Å². The first-order valence-electron chi connectivity index (χ1n) is 4.66. The summed E-state index contributed by atoms with van der Waals surface area (Å²) in [5.74, 6) is 0. The Morgan fingerprint density at radius 3 is 2.93 bits per heavy atom. The fraction of sp³-hybridized carbons (Fsp3) is 0.600. The molecule has 0 spiro atoms. The molecule has 4 heteroatoms. The third-order valence-corrected chi connectivity index (χ3v) is 3.93. The molecule has 0 aliphatic carbocycles. The lowest BCUT2D eigenvalue weighted by atomic mass is 9.95. The highest BCUT2D eigenvalue weighted by atomic mass is 35.5. The van der Waals surface area contributed by atoms with Crippen LogP contribution in [0.2, 0.25) is 5.02 Å². The van der Waals surface area contributed by atoms with Crippen LogP contribution in [0.25, 0.3) is 0 Å². The van der Waals surface area contributed by atoms with E-state index in [0.717, 1.165) is 18.0 Å². The molecule has 14 heavy (non-hydrogen) atoms. The van der Waals surface area contributed by atoms with E-state index in [1.165, 1.54) is 17.7 Å². The maximum atomic E-state index is 5.88. The van der Waals surface area contributed by atoms with Gasteiger partial charge in [0.05, 0.1) is 5.02 Å². The molecule has 0 bridgehead atoms. The molecule has 0 saturated carbocycles. The predicted molar refractivity (Wildman–Crippen MR) is 65.9 cm³/mol. The zero-order chi connectivity index (χ0) is 9.31. The van der Waals surface area contributed by atoms with Gasteiger partial charge in [0.15, 0.2) is 0 Å². The third-order valence-electron chi connectivity index (χ3n) is 2.64. The van der Waals surface area contributed by atoms with Crippen molar-refractivity contribution in [3.05, 3.63) is 21.3 Å². The van der Waals surface area contributed by atoms with Crippen molar-refractivity contribution in [2.24, 2.45) is 0 Å². The summed E-state index contributed by atoms with van der Waals surface area (Å²) in [7, 11) is 0.